The second-order valence-electron chi connectivity index (χ2n) is 6.17. The van der Waals surface area contributed by atoms with Crippen LogP contribution in [0.3, 0.4) is 0 Å². The number of anilines is 1. The summed E-state index contributed by atoms with van der Waals surface area (Å²) < 4.78 is 0. The molecular formula is C19H24Cl2N2O5. The van der Waals surface area contributed by atoms with Crippen molar-refractivity contribution < 1.29 is 24.6 Å². The summed E-state index contributed by atoms with van der Waals surface area (Å²) in [5.74, 6) is -1.88. The number of piperidine rings is 1. The van der Waals surface area contributed by atoms with Crippen LogP contribution >= 0.6 is 23.2 Å². The number of rotatable bonds is 6. The van der Waals surface area contributed by atoms with Crippen LogP contribution in [0.2, 0.25) is 10.0 Å². The van der Waals surface area contributed by atoms with E-state index in [-0.39, 0.29) is 5.91 Å². The zero-order valence-electron chi connectivity index (χ0n) is 15.5. The maximum Gasteiger partial charge on any atom is 0.328 e. The summed E-state index contributed by atoms with van der Waals surface area (Å²) in [6, 6.07) is 5.26. The highest BCUT2D eigenvalue weighted by Gasteiger charge is 2.21. The van der Waals surface area contributed by atoms with Gasteiger partial charge in [-0.3, -0.25) is 4.79 Å². The van der Waals surface area contributed by atoms with Crippen molar-refractivity contribution in [3.8, 4) is 0 Å². The lowest BCUT2D eigenvalue weighted by molar-refractivity contribution is -0.134. The molecule has 1 fully saturated rings. The van der Waals surface area contributed by atoms with Gasteiger partial charge < -0.3 is 20.4 Å². The van der Waals surface area contributed by atoms with E-state index in [0.717, 1.165) is 31.6 Å². The van der Waals surface area contributed by atoms with Crippen LogP contribution in [0.4, 0.5) is 5.69 Å². The first kappa shape index (κ1) is 23.9. The molecular weight excluding hydrogens is 407 g/mol. The summed E-state index contributed by atoms with van der Waals surface area (Å²) >= 11 is 12.0. The summed E-state index contributed by atoms with van der Waals surface area (Å²) in [5.41, 5.74) is 0.781. The first-order valence-electron chi connectivity index (χ1n) is 8.84. The topological polar surface area (TPSA) is 107 Å². The highest BCUT2D eigenvalue weighted by Crippen LogP contribution is 2.27. The fourth-order valence-electron chi connectivity index (χ4n) is 2.78. The van der Waals surface area contributed by atoms with E-state index in [1.165, 1.54) is 0 Å². The van der Waals surface area contributed by atoms with Gasteiger partial charge in [-0.25, -0.2) is 9.59 Å². The third-order valence-corrected chi connectivity index (χ3v) is 4.50. The molecule has 7 nitrogen and oxygen atoms in total. The Morgan fingerprint density at radius 1 is 1.07 bits per heavy atom. The molecule has 1 heterocycles. The Morgan fingerprint density at radius 3 is 2.00 bits per heavy atom. The maximum absolute atomic E-state index is 12.5. The predicted molar refractivity (Wildman–Crippen MR) is 109 cm³/mol. The number of carbonyl (C=O) groups is 3. The lowest BCUT2D eigenvalue weighted by Crippen LogP contribution is -2.35. The monoisotopic (exact) mass is 430 g/mol. The lowest BCUT2D eigenvalue weighted by Gasteiger charge is -2.26. The summed E-state index contributed by atoms with van der Waals surface area (Å²) in [6.45, 7) is 4.61. The van der Waals surface area contributed by atoms with Gasteiger partial charge >= 0.3 is 11.9 Å². The maximum atomic E-state index is 12.5. The van der Waals surface area contributed by atoms with Gasteiger partial charge in [0.05, 0.1) is 0 Å². The number of halogens is 2. The summed E-state index contributed by atoms with van der Waals surface area (Å²) in [5, 5.41) is 20.1. The molecule has 0 spiro atoms. The molecule has 154 valence electrons. The SMILES string of the molecule is CCN(C(=O)CC1CCNCC1)c1cc(Cl)cc(Cl)c1.O=C(O)/C=C/C(=O)O. The number of carboxylic acid groups (broad SMARTS) is 2. The Labute approximate surface area is 173 Å². The molecule has 1 aromatic carbocycles. The fraction of sp³-hybridized carbons (Fsp3) is 0.421. The van der Waals surface area contributed by atoms with Crippen molar-refractivity contribution in [1.29, 1.82) is 0 Å². The Kier molecular flexibility index (Phi) is 10.6. The Bertz CT molecular complexity index is 682. The number of carboxylic acids is 2. The second-order valence-corrected chi connectivity index (χ2v) is 7.05. The average Bonchev–Trinajstić information content (AvgIpc) is 2.61. The lowest BCUT2D eigenvalue weighted by atomic mass is 9.94. The quantitative estimate of drug-likeness (QED) is 0.596. The Morgan fingerprint density at radius 2 is 1.57 bits per heavy atom. The molecule has 1 amide bonds. The van der Waals surface area contributed by atoms with Crippen molar-refractivity contribution in [3.63, 3.8) is 0 Å². The molecule has 28 heavy (non-hydrogen) atoms. The van der Waals surface area contributed by atoms with E-state index >= 15 is 0 Å². The molecule has 0 radical (unpaired) electrons. The van der Waals surface area contributed by atoms with Crippen LogP contribution in [0.15, 0.2) is 30.4 Å². The molecule has 0 aliphatic carbocycles. The first-order valence-corrected chi connectivity index (χ1v) is 9.59. The van der Waals surface area contributed by atoms with Crippen LogP contribution in [0.1, 0.15) is 26.2 Å². The molecule has 3 N–H and O–H groups in total. The van der Waals surface area contributed by atoms with Crippen LogP contribution in [0.25, 0.3) is 0 Å². The minimum absolute atomic E-state index is 0.151. The van der Waals surface area contributed by atoms with Crippen molar-refractivity contribution in [2.45, 2.75) is 26.2 Å². The molecule has 2 rings (SSSR count). The zero-order valence-corrected chi connectivity index (χ0v) is 17.0. The van der Waals surface area contributed by atoms with Gasteiger partial charge in [-0.15, -0.1) is 0 Å². The van der Waals surface area contributed by atoms with E-state index in [9.17, 15) is 14.4 Å². The standard InChI is InChI=1S/C15H20Cl2N2O.C4H4O4/c1-2-19(14-9-12(16)8-13(17)10-14)15(20)7-11-3-5-18-6-4-11;5-3(6)1-2-4(7)8/h8-11,18H,2-7H2,1H3;1-2H,(H,5,6)(H,7,8)/b;2-1+. The van der Waals surface area contributed by atoms with Gasteiger partial charge in [-0.1, -0.05) is 23.2 Å². The Balaban J connectivity index is 0.000000416. The molecule has 1 aliphatic heterocycles. The number of amides is 1. The fourth-order valence-corrected chi connectivity index (χ4v) is 3.30. The molecule has 1 saturated heterocycles. The number of benzene rings is 1. The van der Waals surface area contributed by atoms with E-state index in [4.69, 9.17) is 33.4 Å². The van der Waals surface area contributed by atoms with E-state index in [0.29, 0.717) is 41.1 Å². The van der Waals surface area contributed by atoms with Crippen molar-refractivity contribution in [3.05, 3.63) is 40.4 Å². The molecule has 0 bridgehead atoms. The molecule has 0 unspecified atom stereocenters. The third kappa shape index (κ3) is 9.21. The van der Waals surface area contributed by atoms with Gasteiger partial charge in [-0.05, 0) is 57.0 Å². The largest absolute Gasteiger partial charge is 0.478 e. The number of hydrogen-bond donors (Lipinski definition) is 3. The van der Waals surface area contributed by atoms with Crippen LogP contribution in [-0.2, 0) is 14.4 Å². The van der Waals surface area contributed by atoms with Crippen molar-refractivity contribution in [2.75, 3.05) is 24.5 Å². The molecule has 9 heteroatoms. The van der Waals surface area contributed by atoms with E-state index in [2.05, 4.69) is 5.32 Å². The van der Waals surface area contributed by atoms with Gasteiger partial charge in [0.1, 0.15) is 0 Å². The first-order chi connectivity index (χ1) is 13.2. The smallest absolute Gasteiger partial charge is 0.328 e. The van der Waals surface area contributed by atoms with Gasteiger partial charge in [0.15, 0.2) is 0 Å². The van der Waals surface area contributed by atoms with Crippen LogP contribution < -0.4 is 10.2 Å². The summed E-state index contributed by atoms with van der Waals surface area (Å²) in [6.07, 6.45) is 3.85. The third-order valence-electron chi connectivity index (χ3n) is 4.07. The summed E-state index contributed by atoms with van der Waals surface area (Å²) in [4.78, 5) is 33.4. The number of aliphatic carboxylic acids is 2. The molecule has 1 aromatic rings. The highest BCUT2D eigenvalue weighted by atomic mass is 35.5. The average molecular weight is 431 g/mol. The minimum atomic E-state index is -1.26. The van der Waals surface area contributed by atoms with Crippen molar-refractivity contribution in [1.82, 2.24) is 5.32 Å². The van der Waals surface area contributed by atoms with Crippen LogP contribution in [-0.4, -0.2) is 47.7 Å². The minimum Gasteiger partial charge on any atom is -0.478 e. The van der Waals surface area contributed by atoms with Gasteiger partial charge in [0.2, 0.25) is 5.91 Å². The van der Waals surface area contributed by atoms with E-state index in [1.54, 1.807) is 23.1 Å². The summed E-state index contributed by atoms with van der Waals surface area (Å²) in [7, 11) is 0. The Hall–Kier alpha value is -2.09. The molecule has 0 aromatic heterocycles. The van der Waals surface area contributed by atoms with Gasteiger partial charge in [0, 0.05) is 40.9 Å². The van der Waals surface area contributed by atoms with E-state index < -0.39 is 11.9 Å². The number of carbonyl (C=O) groups excluding carboxylic acids is 1. The molecule has 1 aliphatic rings. The highest BCUT2D eigenvalue weighted by molar-refractivity contribution is 6.35. The number of nitrogens with zero attached hydrogens (tertiary/aromatic N) is 1. The number of hydrogen-bond acceptors (Lipinski definition) is 4. The van der Waals surface area contributed by atoms with Crippen molar-refractivity contribution in [2.24, 2.45) is 5.92 Å². The van der Waals surface area contributed by atoms with Crippen molar-refractivity contribution >= 4 is 46.7 Å². The van der Waals surface area contributed by atoms with Gasteiger partial charge in [0.25, 0.3) is 0 Å². The number of nitrogens with one attached hydrogen (secondary N) is 1. The van der Waals surface area contributed by atoms with Gasteiger partial charge in [-0.2, -0.15) is 0 Å². The van der Waals surface area contributed by atoms with Crippen LogP contribution in [0, 0.1) is 5.92 Å². The predicted octanol–water partition coefficient (Wildman–Crippen LogP) is 3.45. The molecule has 0 atom stereocenters. The van der Waals surface area contributed by atoms with Crippen LogP contribution in [0.5, 0.6) is 0 Å². The molecule has 0 saturated carbocycles. The normalized spacial score (nSPS) is 14.2. The zero-order chi connectivity index (χ0) is 21.1. The second kappa shape index (κ2) is 12.4. The van der Waals surface area contributed by atoms with E-state index in [1.807, 2.05) is 6.92 Å².